The minimum Gasteiger partial charge on any atom is -0.454 e. The molecule has 0 aliphatic heterocycles. The number of halogens is 2. The molecule has 3 fully saturated rings. The maximum Gasteiger partial charge on any atom is 0.308 e. The van der Waals surface area contributed by atoms with Gasteiger partial charge in [-0.3, -0.25) is 19.2 Å². The van der Waals surface area contributed by atoms with Gasteiger partial charge in [-0.1, -0.05) is 24.8 Å². The molecule has 0 aromatic carbocycles. The van der Waals surface area contributed by atoms with Crippen molar-refractivity contribution in [2.75, 3.05) is 12.4 Å². The average Bonchev–Trinajstić information content (AvgIpc) is 3.17. The molecule has 0 radical (unpaired) electrons. The van der Waals surface area contributed by atoms with Gasteiger partial charge < -0.3 is 9.84 Å². The Bertz CT molecular complexity index is 1030. The first-order valence-electron chi connectivity index (χ1n) is 12.7. The summed E-state index contributed by atoms with van der Waals surface area (Å²) in [6.07, 6.45) is 3.32. The van der Waals surface area contributed by atoms with Crippen LogP contribution < -0.4 is 0 Å². The van der Waals surface area contributed by atoms with Crippen LogP contribution in [0.1, 0.15) is 59.3 Å². The molecule has 0 spiro atoms. The molecule has 6 nitrogen and oxygen atoms in total. The van der Waals surface area contributed by atoms with Gasteiger partial charge in [-0.05, 0) is 75.0 Å². The first kappa shape index (κ1) is 27.2. The number of ether oxygens (including phenoxy) is 1. The summed E-state index contributed by atoms with van der Waals surface area (Å²) in [4.78, 5) is 49.0. The van der Waals surface area contributed by atoms with E-state index in [9.17, 15) is 19.2 Å². The summed E-state index contributed by atoms with van der Waals surface area (Å²) in [6.45, 7) is 4.75. The Labute approximate surface area is 214 Å². The third kappa shape index (κ3) is 4.30. The monoisotopic (exact) mass is 524 g/mol. The molecule has 1 N–H and O–H groups in total. The van der Waals surface area contributed by atoms with Gasteiger partial charge in [-0.15, -0.1) is 0 Å². The molecule has 36 heavy (non-hydrogen) atoms. The molecule has 8 atom stereocenters. The Hall–Kier alpha value is -1.87. The number of fused-ring (bicyclic) bond motifs is 5. The predicted molar refractivity (Wildman–Crippen MR) is 130 cm³/mol. The number of carbonyl (C=O) groups is 4. The molecule has 198 valence electrons. The smallest absolute Gasteiger partial charge is 0.308 e. The second-order valence-corrected chi connectivity index (χ2v) is 12.1. The molecule has 0 saturated heterocycles. The van der Waals surface area contributed by atoms with Crippen LogP contribution in [0, 0.1) is 28.6 Å². The van der Waals surface area contributed by atoms with Crippen LogP contribution in [0.4, 0.5) is 8.78 Å². The van der Waals surface area contributed by atoms with Crippen LogP contribution in [0.5, 0.6) is 0 Å². The number of allylic oxidation sites excluding steroid dienone is 4. The van der Waals surface area contributed by atoms with Crippen molar-refractivity contribution < 1.29 is 37.8 Å². The maximum atomic E-state index is 16.9. The highest BCUT2D eigenvalue weighted by atomic mass is 32.2. The first-order chi connectivity index (χ1) is 16.9. The molecule has 0 heterocycles. The van der Waals surface area contributed by atoms with Gasteiger partial charge in [0.1, 0.15) is 17.6 Å². The van der Waals surface area contributed by atoms with Gasteiger partial charge in [0.15, 0.2) is 11.9 Å². The van der Waals surface area contributed by atoms with Crippen molar-refractivity contribution in [1.29, 1.82) is 0 Å². The van der Waals surface area contributed by atoms with Crippen LogP contribution in [0.15, 0.2) is 23.8 Å². The zero-order chi connectivity index (χ0) is 26.5. The highest BCUT2D eigenvalue weighted by Crippen LogP contribution is 2.69. The van der Waals surface area contributed by atoms with Crippen LogP contribution in [0.2, 0.25) is 0 Å². The van der Waals surface area contributed by atoms with E-state index in [1.807, 2.05) is 6.92 Å². The van der Waals surface area contributed by atoms with Crippen LogP contribution in [-0.2, 0) is 23.9 Å². The lowest BCUT2D eigenvalue weighted by Crippen LogP contribution is -2.62. The molecule has 4 aliphatic carbocycles. The molecule has 0 amide bonds. The summed E-state index contributed by atoms with van der Waals surface area (Å²) in [5, 5.41) is 8.34. The number of aliphatic hydroxyl groups is 1. The number of ketones is 2. The minimum atomic E-state index is -1.70. The molecule has 0 aromatic rings. The largest absolute Gasteiger partial charge is 0.454 e. The average molecular weight is 525 g/mol. The molecule has 3 saturated carbocycles. The Morgan fingerprint density at radius 2 is 1.94 bits per heavy atom. The van der Waals surface area contributed by atoms with Gasteiger partial charge in [-0.2, -0.15) is 0 Å². The number of thioether (sulfide) groups is 1. The second-order valence-electron chi connectivity index (χ2n) is 11.1. The van der Waals surface area contributed by atoms with Crippen LogP contribution in [0.25, 0.3) is 0 Å². The van der Waals surface area contributed by atoms with E-state index >= 15 is 8.78 Å². The third-order valence-corrected chi connectivity index (χ3v) is 10.4. The standard InChI is InChI=1S/C27H34F2O6S/c1-15(35-23(33)7-11-30)24(34)36-14-22(32)18-5-4-17-19-13-21(28)20-12-16(31)6-8-26(20,3)27(19,29)10-9-25(17,18)2/h6,8,12,15,17-19,21,30H,4-5,7,9-11,13-14H2,1-3H3/t15?,17-,18+,19-,21-,25-,26-,27+/m0/s1. The zero-order valence-electron chi connectivity index (χ0n) is 20.9. The molecule has 1 unspecified atom stereocenters. The molecular weight excluding hydrogens is 490 g/mol. The Balaban J connectivity index is 1.46. The van der Waals surface area contributed by atoms with E-state index in [1.165, 1.54) is 19.1 Å². The van der Waals surface area contributed by atoms with Gasteiger partial charge in [0, 0.05) is 17.3 Å². The predicted octanol–water partition coefficient (Wildman–Crippen LogP) is 4.09. The number of esters is 1. The van der Waals surface area contributed by atoms with Gasteiger partial charge in [0.05, 0.1) is 18.8 Å². The number of hydrogen-bond acceptors (Lipinski definition) is 7. The summed E-state index contributed by atoms with van der Waals surface area (Å²) >= 11 is 0.804. The van der Waals surface area contributed by atoms with Crippen molar-refractivity contribution in [3.63, 3.8) is 0 Å². The fourth-order valence-electron chi connectivity index (χ4n) is 7.36. The molecule has 0 bridgehead atoms. The number of hydrogen-bond donors (Lipinski definition) is 1. The van der Waals surface area contributed by atoms with E-state index in [2.05, 4.69) is 0 Å². The van der Waals surface area contributed by atoms with Crippen molar-refractivity contribution in [3.8, 4) is 0 Å². The Morgan fingerprint density at radius 3 is 2.64 bits per heavy atom. The molecule has 4 rings (SSSR count). The quantitative estimate of drug-likeness (QED) is 0.501. The SMILES string of the molecule is CC(OC(=O)CCO)C(=O)SCC(=O)[C@H]1CC[C@H]2[C@@H]3C[C@H](F)C4=CC(=O)C=C[C@]4(C)[C@@]3(F)CC[C@]12C. The maximum absolute atomic E-state index is 16.9. The lowest BCUT2D eigenvalue weighted by molar-refractivity contribution is -0.152. The van der Waals surface area contributed by atoms with Crippen molar-refractivity contribution in [2.45, 2.75) is 77.2 Å². The molecular formula is C27H34F2O6S. The first-order valence-corrected chi connectivity index (χ1v) is 13.6. The summed E-state index contributed by atoms with van der Waals surface area (Å²) in [5.74, 6) is -2.26. The van der Waals surface area contributed by atoms with Gasteiger partial charge in [-0.25, -0.2) is 8.78 Å². The van der Waals surface area contributed by atoms with E-state index in [0.29, 0.717) is 19.3 Å². The van der Waals surface area contributed by atoms with Crippen molar-refractivity contribution in [1.82, 2.24) is 0 Å². The lowest BCUT2D eigenvalue weighted by atomic mass is 9.46. The number of aliphatic hydroxyl groups excluding tert-OH is 1. The second kappa shape index (κ2) is 9.78. The van der Waals surface area contributed by atoms with E-state index in [1.54, 1.807) is 13.0 Å². The van der Waals surface area contributed by atoms with E-state index < -0.39 is 45.8 Å². The Morgan fingerprint density at radius 1 is 1.22 bits per heavy atom. The van der Waals surface area contributed by atoms with Gasteiger partial charge in [0.25, 0.3) is 0 Å². The summed E-state index contributed by atoms with van der Waals surface area (Å²) < 4.78 is 37.2. The number of rotatable bonds is 7. The van der Waals surface area contributed by atoms with E-state index in [4.69, 9.17) is 9.84 Å². The fraction of sp³-hybridized carbons (Fsp3) is 0.704. The zero-order valence-corrected chi connectivity index (χ0v) is 21.7. The van der Waals surface area contributed by atoms with E-state index in [-0.39, 0.29) is 60.6 Å². The number of alkyl halides is 2. The topological polar surface area (TPSA) is 97.7 Å². The van der Waals surface area contributed by atoms with Crippen LogP contribution >= 0.6 is 11.8 Å². The van der Waals surface area contributed by atoms with Crippen molar-refractivity contribution >= 4 is 34.4 Å². The third-order valence-electron chi connectivity index (χ3n) is 9.35. The fourth-order valence-corrected chi connectivity index (χ4v) is 8.13. The normalized spacial score (nSPS) is 39.9. The number of carbonyl (C=O) groups excluding carboxylic acids is 4. The molecule has 0 aromatic heterocycles. The van der Waals surface area contributed by atoms with Crippen LogP contribution in [-0.4, -0.2) is 58.1 Å². The summed E-state index contributed by atoms with van der Waals surface area (Å²) in [7, 11) is 0. The Kier molecular flexibility index (Phi) is 7.38. The lowest BCUT2D eigenvalue weighted by Gasteiger charge is -2.60. The van der Waals surface area contributed by atoms with Crippen molar-refractivity contribution in [3.05, 3.63) is 23.8 Å². The van der Waals surface area contributed by atoms with E-state index in [0.717, 1.165) is 11.8 Å². The van der Waals surface area contributed by atoms with Crippen LogP contribution in [0.3, 0.4) is 0 Å². The summed E-state index contributed by atoms with van der Waals surface area (Å²) in [5.41, 5.74) is -3.14. The van der Waals surface area contributed by atoms with Crippen molar-refractivity contribution in [2.24, 2.45) is 28.6 Å². The molecule has 4 aliphatic rings. The van der Waals surface area contributed by atoms with Gasteiger partial charge in [0.2, 0.25) is 5.12 Å². The van der Waals surface area contributed by atoms with Gasteiger partial charge >= 0.3 is 5.97 Å². The highest BCUT2D eigenvalue weighted by molar-refractivity contribution is 8.14. The number of Topliss-reactive ketones (excluding diaryl/α,β-unsaturated/α-hetero) is 1. The highest BCUT2D eigenvalue weighted by Gasteiger charge is 2.68. The summed E-state index contributed by atoms with van der Waals surface area (Å²) in [6, 6.07) is 0. The molecule has 9 heteroatoms. The minimum absolute atomic E-state index is 0.00414.